The highest BCUT2D eigenvalue weighted by Crippen LogP contribution is 2.28. The fourth-order valence-electron chi connectivity index (χ4n) is 2.01. The van der Waals surface area contributed by atoms with Gasteiger partial charge in [0.15, 0.2) is 0 Å². The topological polar surface area (TPSA) is 39.2 Å². The van der Waals surface area contributed by atoms with Crippen molar-refractivity contribution in [3.05, 3.63) is 70.9 Å². The van der Waals surface area contributed by atoms with Gasteiger partial charge < -0.3 is 10.2 Å². The molecule has 18 heavy (non-hydrogen) atoms. The monoisotopic (exact) mass is 257 g/mol. The summed E-state index contributed by atoms with van der Waals surface area (Å²) in [6.45, 7) is 0. The van der Waals surface area contributed by atoms with Crippen LogP contribution in [-0.4, -0.2) is 0 Å². The van der Waals surface area contributed by atoms with Gasteiger partial charge in [-0.25, -0.2) is 0 Å². The van der Waals surface area contributed by atoms with E-state index < -0.39 is 0 Å². The number of hydrogen-bond donors (Lipinski definition) is 1. The number of benzene rings is 2. The van der Waals surface area contributed by atoms with E-state index >= 15 is 0 Å². The summed E-state index contributed by atoms with van der Waals surface area (Å²) in [4.78, 5) is 0. The Morgan fingerprint density at radius 1 is 1.00 bits per heavy atom. The normalized spacial score (nSPS) is 12.8. The van der Waals surface area contributed by atoms with Crippen LogP contribution in [0.4, 0.5) is 0 Å². The van der Waals surface area contributed by atoms with E-state index in [0.717, 1.165) is 22.3 Å². The number of rotatable bonds is 2. The molecule has 3 rings (SSSR count). The summed E-state index contributed by atoms with van der Waals surface area (Å²) < 4.78 is 5.76. The second kappa shape index (κ2) is 4.48. The third-order valence-electron chi connectivity index (χ3n) is 2.96. The SMILES string of the molecule is NC(c1ccccc1)c1cc2cc(Cl)ccc2o1. The van der Waals surface area contributed by atoms with Crippen molar-refractivity contribution in [3.63, 3.8) is 0 Å². The van der Waals surface area contributed by atoms with Gasteiger partial charge in [0.1, 0.15) is 11.3 Å². The summed E-state index contributed by atoms with van der Waals surface area (Å²) in [6, 6.07) is 17.1. The maximum Gasteiger partial charge on any atom is 0.134 e. The van der Waals surface area contributed by atoms with E-state index in [1.165, 1.54) is 0 Å². The molecule has 0 spiro atoms. The van der Waals surface area contributed by atoms with Crippen LogP contribution in [0, 0.1) is 0 Å². The van der Waals surface area contributed by atoms with Crippen molar-refractivity contribution in [2.24, 2.45) is 5.73 Å². The molecule has 0 saturated heterocycles. The van der Waals surface area contributed by atoms with Gasteiger partial charge in [-0.05, 0) is 29.8 Å². The minimum Gasteiger partial charge on any atom is -0.459 e. The highest BCUT2D eigenvalue weighted by atomic mass is 35.5. The molecule has 1 unspecified atom stereocenters. The lowest BCUT2D eigenvalue weighted by Crippen LogP contribution is -2.10. The van der Waals surface area contributed by atoms with Crippen LogP contribution in [0.25, 0.3) is 11.0 Å². The van der Waals surface area contributed by atoms with Gasteiger partial charge in [0, 0.05) is 10.4 Å². The van der Waals surface area contributed by atoms with Gasteiger partial charge in [0.25, 0.3) is 0 Å². The summed E-state index contributed by atoms with van der Waals surface area (Å²) >= 11 is 5.95. The maximum atomic E-state index is 6.19. The number of nitrogens with two attached hydrogens (primary N) is 1. The second-order valence-corrected chi connectivity index (χ2v) is 4.66. The van der Waals surface area contributed by atoms with Crippen molar-refractivity contribution < 1.29 is 4.42 Å². The molecular weight excluding hydrogens is 246 g/mol. The van der Waals surface area contributed by atoms with Crippen molar-refractivity contribution in [3.8, 4) is 0 Å². The van der Waals surface area contributed by atoms with Crippen LogP contribution >= 0.6 is 11.6 Å². The molecule has 1 heterocycles. The Hall–Kier alpha value is -1.77. The largest absolute Gasteiger partial charge is 0.459 e. The molecule has 3 heteroatoms. The van der Waals surface area contributed by atoms with E-state index in [1.807, 2.05) is 54.6 Å². The molecule has 0 amide bonds. The first-order valence-corrected chi connectivity index (χ1v) is 6.11. The Morgan fingerprint density at radius 3 is 2.56 bits per heavy atom. The summed E-state index contributed by atoms with van der Waals surface area (Å²) in [6.07, 6.45) is 0. The fourth-order valence-corrected chi connectivity index (χ4v) is 2.19. The van der Waals surface area contributed by atoms with Crippen LogP contribution in [0.3, 0.4) is 0 Å². The molecule has 0 radical (unpaired) electrons. The lowest BCUT2D eigenvalue weighted by Gasteiger charge is -2.07. The third kappa shape index (κ3) is 2.01. The first-order chi connectivity index (χ1) is 8.74. The molecule has 0 saturated carbocycles. The first-order valence-electron chi connectivity index (χ1n) is 5.73. The van der Waals surface area contributed by atoms with Gasteiger partial charge in [0.2, 0.25) is 0 Å². The molecule has 1 aromatic heterocycles. The quantitative estimate of drug-likeness (QED) is 0.750. The first kappa shape index (κ1) is 11.3. The highest BCUT2D eigenvalue weighted by Gasteiger charge is 2.13. The Bertz CT molecular complexity index is 675. The van der Waals surface area contributed by atoms with Gasteiger partial charge in [-0.3, -0.25) is 0 Å². The molecular formula is C15H12ClNO. The van der Waals surface area contributed by atoms with E-state index in [2.05, 4.69) is 0 Å². The van der Waals surface area contributed by atoms with Crippen LogP contribution in [0.1, 0.15) is 17.4 Å². The van der Waals surface area contributed by atoms with Gasteiger partial charge in [-0.1, -0.05) is 41.9 Å². The molecule has 1 atom stereocenters. The van der Waals surface area contributed by atoms with E-state index in [-0.39, 0.29) is 6.04 Å². The molecule has 0 aliphatic heterocycles. The Kier molecular flexibility index (Phi) is 2.82. The zero-order valence-electron chi connectivity index (χ0n) is 9.64. The maximum absolute atomic E-state index is 6.19. The zero-order chi connectivity index (χ0) is 12.5. The molecule has 0 aliphatic carbocycles. The average Bonchev–Trinajstić information content (AvgIpc) is 2.81. The van der Waals surface area contributed by atoms with Crippen LogP contribution in [0.2, 0.25) is 5.02 Å². The van der Waals surface area contributed by atoms with Gasteiger partial charge in [-0.2, -0.15) is 0 Å². The van der Waals surface area contributed by atoms with E-state index in [9.17, 15) is 0 Å². The number of fused-ring (bicyclic) bond motifs is 1. The standard InChI is InChI=1S/C15H12ClNO/c16-12-6-7-13-11(8-12)9-14(18-13)15(17)10-4-2-1-3-5-10/h1-9,15H,17H2. The minimum absolute atomic E-state index is 0.252. The van der Waals surface area contributed by atoms with E-state index in [0.29, 0.717) is 5.02 Å². The Morgan fingerprint density at radius 2 is 1.78 bits per heavy atom. The van der Waals surface area contributed by atoms with Gasteiger partial charge in [0.05, 0.1) is 6.04 Å². The summed E-state index contributed by atoms with van der Waals surface area (Å²) in [7, 11) is 0. The number of furan rings is 1. The van der Waals surface area contributed by atoms with Crippen molar-refractivity contribution in [1.82, 2.24) is 0 Å². The Labute approximate surface area is 110 Å². The average molecular weight is 258 g/mol. The predicted molar refractivity (Wildman–Crippen MR) is 73.7 cm³/mol. The molecule has 2 N–H and O–H groups in total. The Balaban J connectivity index is 2.04. The van der Waals surface area contributed by atoms with Crippen LogP contribution in [0.5, 0.6) is 0 Å². The lowest BCUT2D eigenvalue weighted by molar-refractivity contribution is 0.525. The van der Waals surface area contributed by atoms with Crippen molar-refractivity contribution in [1.29, 1.82) is 0 Å². The molecule has 0 bridgehead atoms. The van der Waals surface area contributed by atoms with Crippen LogP contribution < -0.4 is 5.73 Å². The van der Waals surface area contributed by atoms with Crippen molar-refractivity contribution in [2.45, 2.75) is 6.04 Å². The summed E-state index contributed by atoms with van der Waals surface area (Å²) in [5, 5.41) is 1.67. The van der Waals surface area contributed by atoms with Crippen molar-refractivity contribution >= 4 is 22.6 Å². The molecule has 2 aromatic carbocycles. The smallest absolute Gasteiger partial charge is 0.134 e. The van der Waals surface area contributed by atoms with E-state index in [4.69, 9.17) is 21.8 Å². The number of hydrogen-bond acceptors (Lipinski definition) is 2. The summed E-state index contributed by atoms with van der Waals surface area (Å²) in [5.74, 6) is 0.749. The molecule has 0 fully saturated rings. The number of halogens is 1. The van der Waals surface area contributed by atoms with Gasteiger partial charge >= 0.3 is 0 Å². The van der Waals surface area contributed by atoms with Crippen LogP contribution in [0.15, 0.2) is 59.0 Å². The second-order valence-electron chi connectivity index (χ2n) is 4.22. The van der Waals surface area contributed by atoms with Crippen LogP contribution in [-0.2, 0) is 0 Å². The lowest BCUT2D eigenvalue weighted by atomic mass is 10.1. The molecule has 90 valence electrons. The third-order valence-corrected chi connectivity index (χ3v) is 3.20. The molecule has 0 aliphatic rings. The molecule has 3 aromatic rings. The molecule has 2 nitrogen and oxygen atoms in total. The summed E-state index contributed by atoms with van der Waals surface area (Å²) in [5.41, 5.74) is 8.03. The van der Waals surface area contributed by atoms with Crippen molar-refractivity contribution in [2.75, 3.05) is 0 Å². The van der Waals surface area contributed by atoms with Gasteiger partial charge in [-0.15, -0.1) is 0 Å². The predicted octanol–water partition coefficient (Wildman–Crippen LogP) is 4.13. The van der Waals surface area contributed by atoms with E-state index in [1.54, 1.807) is 0 Å². The highest BCUT2D eigenvalue weighted by molar-refractivity contribution is 6.31. The minimum atomic E-state index is -0.252. The fraction of sp³-hybridized carbons (Fsp3) is 0.0667. The zero-order valence-corrected chi connectivity index (χ0v) is 10.4.